The van der Waals surface area contributed by atoms with E-state index in [4.69, 9.17) is 10.5 Å². The molecule has 0 unspecified atom stereocenters. The second-order valence-corrected chi connectivity index (χ2v) is 3.42. The molecule has 0 aliphatic heterocycles. The summed E-state index contributed by atoms with van der Waals surface area (Å²) in [4.78, 5) is 8.43. The van der Waals surface area contributed by atoms with Crippen LogP contribution in [0.25, 0.3) is 11.4 Å². The van der Waals surface area contributed by atoms with Crippen LogP contribution in [0, 0.1) is 6.92 Å². The fourth-order valence-corrected chi connectivity index (χ4v) is 1.42. The number of nitrogens with zero attached hydrogens (tertiary/aromatic N) is 2. The smallest absolute Gasteiger partial charge is 0.159 e. The van der Waals surface area contributed by atoms with E-state index in [-0.39, 0.29) is 6.73 Å². The number of rotatable bonds is 3. The quantitative estimate of drug-likeness (QED) is 0.792. The van der Waals surface area contributed by atoms with E-state index >= 15 is 0 Å². The van der Waals surface area contributed by atoms with Crippen molar-refractivity contribution in [1.29, 1.82) is 0 Å². The summed E-state index contributed by atoms with van der Waals surface area (Å²) in [6.45, 7) is 2.17. The monoisotopic (exact) mass is 215 g/mol. The summed E-state index contributed by atoms with van der Waals surface area (Å²) in [5.41, 5.74) is 7.43. The molecule has 0 spiro atoms. The van der Waals surface area contributed by atoms with E-state index in [9.17, 15) is 0 Å². The zero-order valence-electron chi connectivity index (χ0n) is 9.05. The molecule has 2 rings (SSSR count). The Kier molecular flexibility index (Phi) is 3.12. The van der Waals surface area contributed by atoms with Crippen LogP contribution >= 0.6 is 0 Å². The van der Waals surface area contributed by atoms with E-state index in [1.54, 1.807) is 12.4 Å². The topological polar surface area (TPSA) is 61.0 Å². The van der Waals surface area contributed by atoms with Crippen molar-refractivity contribution < 1.29 is 4.74 Å². The molecule has 0 aliphatic rings. The first kappa shape index (κ1) is 10.6. The van der Waals surface area contributed by atoms with Crippen molar-refractivity contribution in [2.24, 2.45) is 5.73 Å². The van der Waals surface area contributed by atoms with Gasteiger partial charge in [0.05, 0.1) is 12.4 Å². The molecule has 0 bridgehead atoms. The van der Waals surface area contributed by atoms with Gasteiger partial charge in [0.2, 0.25) is 0 Å². The van der Waals surface area contributed by atoms with Gasteiger partial charge in [-0.3, -0.25) is 5.73 Å². The Bertz CT molecular complexity index is 468. The molecule has 1 aromatic heterocycles. The summed E-state index contributed by atoms with van der Waals surface area (Å²) in [5.74, 6) is 1.27. The maximum Gasteiger partial charge on any atom is 0.159 e. The summed E-state index contributed by atoms with van der Waals surface area (Å²) >= 11 is 0. The molecule has 2 aromatic rings. The molecule has 82 valence electrons. The second kappa shape index (κ2) is 4.72. The van der Waals surface area contributed by atoms with Gasteiger partial charge in [0.1, 0.15) is 6.73 Å². The van der Waals surface area contributed by atoms with Crippen molar-refractivity contribution in [3.8, 4) is 17.1 Å². The van der Waals surface area contributed by atoms with Crippen LogP contribution in [0.1, 0.15) is 5.56 Å². The minimum atomic E-state index is 0.132. The highest BCUT2D eigenvalue weighted by atomic mass is 16.5. The molecular formula is C12H13N3O. The first-order valence-electron chi connectivity index (χ1n) is 5.01. The molecule has 4 heteroatoms. The van der Waals surface area contributed by atoms with Crippen molar-refractivity contribution >= 4 is 0 Å². The van der Waals surface area contributed by atoms with Gasteiger partial charge in [-0.1, -0.05) is 23.8 Å². The molecule has 0 aliphatic carbocycles. The zero-order chi connectivity index (χ0) is 11.4. The fraction of sp³-hybridized carbons (Fsp3) is 0.167. The standard InChI is InChI=1S/C12H13N3O/c1-9-3-2-4-10(5-9)12-14-6-11(7-15-12)16-8-13/h2-7H,8,13H2,1H3. The lowest BCUT2D eigenvalue weighted by atomic mass is 10.1. The molecule has 1 aromatic carbocycles. The van der Waals surface area contributed by atoms with Crippen LogP contribution in [-0.2, 0) is 0 Å². The van der Waals surface area contributed by atoms with Crippen molar-refractivity contribution in [2.45, 2.75) is 6.92 Å². The predicted octanol–water partition coefficient (Wildman–Crippen LogP) is 1.75. The van der Waals surface area contributed by atoms with Crippen LogP contribution in [0.15, 0.2) is 36.7 Å². The zero-order valence-corrected chi connectivity index (χ0v) is 9.05. The Balaban J connectivity index is 2.27. The molecule has 0 saturated carbocycles. The third-order valence-corrected chi connectivity index (χ3v) is 2.15. The lowest BCUT2D eigenvalue weighted by Gasteiger charge is -2.03. The first-order chi connectivity index (χ1) is 7.79. The highest BCUT2D eigenvalue weighted by Crippen LogP contribution is 2.17. The predicted molar refractivity (Wildman–Crippen MR) is 61.9 cm³/mol. The third-order valence-electron chi connectivity index (χ3n) is 2.15. The van der Waals surface area contributed by atoms with Crippen LogP contribution in [-0.4, -0.2) is 16.7 Å². The highest BCUT2D eigenvalue weighted by molar-refractivity contribution is 5.55. The molecule has 0 saturated heterocycles. The lowest BCUT2D eigenvalue weighted by molar-refractivity contribution is 0.327. The summed E-state index contributed by atoms with van der Waals surface area (Å²) in [5, 5.41) is 0. The van der Waals surface area contributed by atoms with E-state index < -0.39 is 0 Å². The van der Waals surface area contributed by atoms with E-state index in [0.717, 1.165) is 5.56 Å². The molecule has 1 heterocycles. The summed E-state index contributed by atoms with van der Waals surface area (Å²) in [7, 11) is 0. The van der Waals surface area contributed by atoms with Crippen molar-refractivity contribution in [2.75, 3.05) is 6.73 Å². The Labute approximate surface area is 94.1 Å². The van der Waals surface area contributed by atoms with Crippen molar-refractivity contribution in [3.63, 3.8) is 0 Å². The van der Waals surface area contributed by atoms with Gasteiger partial charge in [-0.15, -0.1) is 0 Å². The minimum Gasteiger partial charge on any atom is -0.475 e. The molecule has 0 fully saturated rings. The number of hydrogen-bond acceptors (Lipinski definition) is 4. The van der Waals surface area contributed by atoms with Gasteiger partial charge in [-0.25, -0.2) is 9.97 Å². The van der Waals surface area contributed by atoms with Crippen LogP contribution < -0.4 is 10.5 Å². The fourth-order valence-electron chi connectivity index (χ4n) is 1.42. The molecule has 0 atom stereocenters. The SMILES string of the molecule is Cc1cccc(-c2ncc(OCN)cn2)c1. The number of hydrogen-bond donors (Lipinski definition) is 1. The van der Waals surface area contributed by atoms with Crippen LogP contribution in [0.5, 0.6) is 5.75 Å². The molecule has 0 amide bonds. The Morgan fingerprint density at radius 2 is 2.00 bits per heavy atom. The first-order valence-corrected chi connectivity index (χ1v) is 5.01. The Morgan fingerprint density at radius 1 is 1.25 bits per heavy atom. The van der Waals surface area contributed by atoms with E-state index in [1.807, 2.05) is 31.2 Å². The van der Waals surface area contributed by atoms with Gasteiger partial charge in [0.25, 0.3) is 0 Å². The maximum absolute atomic E-state index is 5.25. The van der Waals surface area contributed by atoms with Gasteiger partial charge in [-0.2, -0.15) is 0 Å². The van der Waals surface area contributed by atoms with Gasteiger partial charge < -0.3 is 4.74 Å². The normalized spacial score (nSPS) is 10.1. The number of aryl methyl sites for hydroxylation is 1. The number of ether oxygens (including phenoxy) is 1. The van der Waals surface area contributed by atoms with E-state index in [2.05, 4.69) is 9.97 Å². The number of benzene rings is 1. The summed E-state index contributed by atoms with van der Waals surface area (Å²) in [6, 6.07) is 8.04. The van der Waals surface area contributed by atoms with Crippen molar-refractivity contribution in [1.82, 2.24) is 9.97 Å². The van der Waals surface area contributed by atoms with E-state index in [1.165, 1.54) is 5.56 Å². The van der Waals surface area contributed by atoms with Crippen LogP contribution in [0.2, 0.25) is 0 Å². The molecule has 16 heavy (non-hydrogen) atoms. The van der Waals surface area contributed by atoms with Gasteiger partial charge in [0.15, 0.2) is 11.6 Å². The maximum atomic E-state index is 5.25. The number of nitrogens with two attached hydrogens (primary N) is 1. The van der Waals surface area contributed by atoms with Gasteiger partial charge >= 0.3 is 0 Å². The molecule has 4 nitrogen and oxygen atoms in total. The average Bonchev–Trinajstić information content (AvgIpc) is 2.30. The van der Waals surface area contributed by atoms with Crippen LogP contribution in [0.4, 0.5) is 0 Å². The Hall–Kier alpha value is -1.94. The van der Waals surface area contributed by atoms with Crippen LogP contribution in [0.3, 0.4) is 0 Å². The third kappa shape index (κ3) is 2.35. The minimum absolute atomic E-state index is 0.132. The largest absolute Gasteiger partial charge is 0.475 e. The summed E-state index contributed by atoms with van der Waals surface area (Å²) in [6.07, 6.45) is 3.25. The molecular weight excluding hydrogens is 202 g/mol. The second-order valence-electron chi connectivity index (χ2n) is 3.42. The highest BCUT2D eigenvalue weighted by Gasteiger charge is 2.01. The lowest BCUT2D eigenvalue weighted by Crippen LogP contribution is -2.07. The van der Waals surface area contributed by atoms with Crippen molar-refractivity contribution in [3.05, 3.63) is 42.2 Å². The van der Waals surface area contributed by atoms with Gasteiger partial charge in [-0.05, 0) is 13.0 Å². The molecule has 0 radical (unpaired) electrons. The average molecular weight is 215 g/mol. The van der Waals surface area contributed by atoms with E-state index in [0.29, 0.717) is 11.6 Å². The summed E-state index contributed by atoms with van der Waals surface area (Å²) < 4.78 is 5.07. The van der Waals surface area contributed by atoms with Gasteiger partial charge in [0, 0.05) is 5.56 Å². The molecule has 2 N–H and O–H groups in total. The number of aromatic nitrogens is 2. The Morgan fingerprint density at radius 3 is 2.62 bits per heavy atom.